The van der Waals surface area contributed by atoms with Crippen LogP contribution in [0.1, 0.15) is 19.4 Å². The molecule has 2 aromatic rings. The summed E-state index contributed by atoms with van der Waals surface area (Å²) in [6.45, 7) is 3.84. The van der Waals surface area contributed by atoms with Crippen LogP contribution in [0, 0.1) is 9.49 Å². The highest BCUT2D eigenvalue weighted by Crippen LogP contribution is 2.35. The minimum absolute atomic E-state index is 0.0544. The summed E-state index contributed by atoms with van der Waals surface area (Å²) in [4.78, 5) is 7.60. The third-order valence-electron chi connectivity index (χ3n) is 2.69. The Kier molecular flexibility index (Phi) is 5.66. The molecule has 0 unspecified atom stereocenters. The zero-order valence-corrected chi connectivity index (χ0v) is 14.6. The van der Waals surface area contributed by atoms with E-state index < -0.39 is 17.6 Å². The van der Waals surface area contributed by atoms with E-state index in [4.69, 9.17) is 4.74 Å². The SMILES string of the molecule is CC(C)COc1nc(Nc2cccc(I)c2)ncc1C(F)(F)F. The molecule has 0 aliphatic carbocycles. The maximum Gasteiger partial charge on any atom is 0.423 e. The van der Waals surface area contributed by atoms with E-state index in [-0.39, 0.29) is 18.5 Å². The number of hydrogen-bond donors (Lipinski definition) is 1. The van der Waals surface area contributed by atoms with E-state index in [9.17, 15) is 13.2 Å². The number of halogens is 4. The summed E-state index contributed by atoms with van der Waals surface area (Å²) < 4.78 is 45.2. The van der Waals surface area contributed by atoms with Crippen LogP contribution in [-0.2, 0) is 6.18 Å². The van der Waals surface area contributed by atoms with Crippen LogP contribution in [0.5, 0.6) is 5.88 Å². The molecular formula is C15H15F3IN3O. The number of aromatic nitrogens is 2. The lowest BCUT2D eigenvalue weighted by Crippen LogP contribution is -2.14. The first-order valence-corrected chi connectivity index (χ1v) is 7.93. The maximum atomic E-state index is 13.0. The average Bonchev–Trinajstić information content (AvgIpc) is 2.44. The molecule has 0 saturated carbocycles. The maximum absolute atomic E-state index is 13.0. The van der Waals surface area contributed by atoms with Gasteiger partial charge in [0.2, 0.25) is 11.8 Å². The normalized spacial score (nSPS) is 11.6. The fourth-order valence-electron chi connectivity index (χ4n) is 1.67. The third-order valence-corrected chi connectivity index (χ3v) is 3.36. The predicted octanol–water partition coefficient (Wildman–Crippen LogP) is 4.88. The number of hydrogen-bond acceptors (Lipinski definition) is 4. The summed E-state index contributed by atoms with van der Waals surface area (Å²) in [5.74, 6) is -0.328. The van der Waals surface area contributed by atoms with E-state index in [2.05, 4.69) is 37.9 Å². The molecule has 0 bridgehead atoms. The molecule has 1 aromatic carbocycles. The van der Waals surface area contributed by atoms with Gasteiger partial charge >= 0.3 is 6.18 Å². The first-order chi connectivity index (χ1) is 10.8. The first-order valence-electron chi connectivity index (χ1n) is 6.85. The number of nitrogens with zero attached hydrogens (tertiary/aromatic N) is 2. The van der Waals surface area contributed by atoms with Crippen molar-refractivity contribution in [1.82, 2.24) is 9.97 Å². The van der Waals surface area contributed by atoms with Gasteiger partial charge in [-0.3, -0.25) is 0 Å². The Morgan fingerprint density at radius 3 is 2.65 bits per heavy atom. The molecule has 0 fully saturated rings. The molecule has 0 saturated heterocycles. The molecule has 0 amide bonds. The van der Waals surface area contributed by atoms with E-state index in [0.717, 1.165) is 9.77 Å². The van der Waals surface area contributed by atoms with Crippen molar-refractivity contribution in [1.29, 1.82) is 0 Å². The van der Waals surface area contributed by atoms with Crippen molar-refractivity contribution in [2.75, 3.05) is 11.9 Å². The van der Waals surface area contributed by atoms with Crippen molar-refractivity contribution < 1.29 is 17.9 Å². The Morgan fingerprint density at radius 2 is 2.04 bits per heavy atom. The smallest absolute Gasteiger partial charge is 0.423 e. The summed E-state index contributed by atoms with van der Waals surface area (Å²) >= 11 is 2.14. The minimum Gasteiger partial charge on any atom is -0.477 e. The molecule has 4 nitrogen and oxygen atoms in total. The highest BCUT2D eigenvalue weighted by Gasteiger charge is 2.36. The van der Waals surface area contributed by atoms with Crippen LogP contribution in [0.3, 0.4) is 0 Å². The van der Waals surface area contributed by atoms with Gasteiger partial charge in [-0.1, -0.05) is 19.9 Å². The molecule has 0 spiro atoms. The molecule has 0 aliphatic rings. The van der Waals surface area contributed by atoms with Gasteiger partial charge in [0.25, 0.3) is 0 Å². The fraction of sp³-hybridized carbons (Fsp3) is 0.333. The monoisotopic (exact) mass is 437 g/mol. The number of ether oxygens (including phenoxy) is 1. The van der Waals surface area contributed by atoms with Gasteiger partial charge in [-0.2, -0.15) is 18.2 Å². The summed E-state index contributed by atoms with van der Waals surface area (Å²) in [6, 6.07) is 7.33. The van der Waals surface area contributed by atoms with E-state index in [0.29, 0.717) is 5.69 Å². The highest BCUT2D eigenvalue weighted by molar-refractivity contribution is 14.1. The molecule has 23 heavy (non-hydrogen) atoms. The quantitative estimate of drug-likeness (QED) is 0.678. The molecule has 1 heterocycles. The van der Waals surface area contributed by atoms with Crippen molar-refractivity contribution in [2.45, 2.75) is 20.0 Å². The van der Waals surface area contributed by atoms with Gasteiger partial charge in [-0.05, 0) is 46.7 Å². The van der Waals surface area contributed by atoms with Crippen LogP contribution in [0.2, 0.25) is 0 Å². The van der Waals surface area contributed by atoms with E-state index in [1.54, 1.807) is 6.07 Å². The van der Waals surface area contributed by atoms with Crippen LogP contribution in [0.4, 0.5) is 24.8 Å². The number of alkyl halides is 3. The molecule has 124 valence electrons. The molecule has 0 radical (unpaired) electrons. The standard InChI is InChI=1S/C15H15F3IN3O/c1-9(2)8-23-13-12(15(16,17)18)7-20-14(22-13)21-11-5-3-4-10(19)6-11/h3-7,9H,8H2,1-2H3,(H,20,21,22). The van der Waals surface area contributed by atoms with Crippen molar-refractivity contribution in [3.05, 3.63) is 39.6 Å². The van der Waals surface area contributed by atoms with E-state index in [1.807, 2.05) is 32.0 Å². The summed E-state index contributed by atoms with van der Waals surface area (Å²) in [6.07, 6.45) is -3.83. The van der Waals surface area contributed by atoms with Gasteiger partial charge in [0.05, 0.1) is 6.61 Å². The second-order valence-electron chi connectivity index (χ2n) is 5.25. The van der Waals surface area contributed by atoms with Gasteiger partial charge in [0, 0.05) is 15.5 Å². The highest BCUT2D eigenvalue weighted by atomic mass is 127. The summed E-state index contributed by atoms with van der Waals surface area (Å²) in [7, 11) is 0. The molecule has 0 aliphatic heterocycles. The van der Waals surface area contributed by atoms with Crippen molar-refractivity contribution >= 4 is 34.2 Å². The minimum atomic E-state index is -4.56. The number of nitrogens with one attached hydrogen (secondary N) is 1. The van der Waals surface area contributed by atoms with Gasteiger partial charge in [0.1, 0.15) is 5.56 Å². The average molecular weight is 437 g/mol. The first kappa shape index (κ1) is 17.8. The lowest BCUT2D eigenvalue weighted by atomic mass is 10.2. The van der Waals surface area contributed by atoms with Gasteiger partial charge in [-0.15, -0.1) is 0 Å². The number of benzene rings is 1. The third kappa shape index (κ3) is 5.22. The molecule has 0 atom stereocenters. The lowest BCUT2D eigenvalue weighted by molar-refractivity contribution is -0.139. The second-order valence-corrected chi connectivity index (χ2v) is 6.50. The van der Waals surface area contributed by atoms with Gasteiger partial charge < -0.3 is 10.1 Å². The van der Waals surface area contributed by atoms with Crippen LogP contribution >= 0.6 is 22.6 Å². The van der Waals surface area contributed by atoms with Gasteiger partial charge in [0.15, 0.2) is 0 Å². The Morgan fingerprint density at radius 1 is 1.30 bits per heavy atom. The Balaban J connectivity index is 2.29. The fourth-order valence-corrected chi connectivity index (χ4v) is 2.21. The number of rotatable bonds is 5. The van der Waals surface area contributed by atoms with Crippen molar-refractivity contribution in [2.24, 2.45) is 5.92 Å². The topological polar surface area (TPSA) is 47.0 Å². The van der Waals surface area contributed by atoms with E-state index in [1.165, 1.54) is 0 Å². The zero-order valence-electron chi connectivity index (χ0n) is 12.5. The van der Waals surface area contributed by atoms with Crippen LogP contribution in [-0.4, -0.2) is 16.6 Å². The molecule has 1 aromatic heterocycles. The van der Waals surface area contributed by atoms with Crippen LogP contribution < -0.4 is 10.1 Å². The Labute approximate surface area is 145 Å². The second kappa shape index (κ2) is 7.33. The molecular weight excluding hydrogens is 422 g/mol. The predicted molar refractivity (Wildman–Crippen MR) is 89.8 cm³/mol. The largest absolute Gasteiger partial charge is 0.477 e. The Bertz CT molecular complexity index is 677. The Hall–Kier alpha value is -1.58. The van der Waals surface area contributed by atoms with E-state index >= 15 is 0 Å². The molecule has 1 N–H and O–H groups in total. The van der Waals surface area contributed by atoms with Crippen molar-refractivity contribution in [3.8, 4) is 5.88 Å². The zero-order chi connectivity index (χ0) is 17.0. The van der Waals surface area contributed by atoms with Crippen molar-refractivity contribution in [3.63, 3.8) is 0 Å². The van der Waals surface area contributed by atoms with Crippen LogP contribution in [0.15, 0.2) is 30.5 Å². The van der Waals surface area contributed by atoms with Crippen LogP contribution in [0.25, 0.3) is 0 Å². The summed E-state index contributed by atoms with van der Waals surface area (Å²) in [5.41, 5.74) is -0.294. The van der Waals surface area contributed by atoms with Gasteiger partial charge in [-0.25, -0.2) is 4.98 Å². The number of anilines is 2. The molecule has 8 heteroatoms. The molecule has 2 rings (SSSR count). The summed E-state index contributed by atoms with van der Waals surface area (Å²) in [5, 5.41) is 2.88. The lowest BCUT2D eigenvalue weighted by Gasteiger charge is -2.15.